The van der Waals surface area contributed by atoms with Crippen LogP contribution in [0, 0.1) is 11.8 Å². The average molecular weight is 265 g/mol. The number of halogens is 1. The van der Waals surface area contributed by atoms with Gasteiger partial charge in [0, 0.05) is 19.3 Å². The Morgan fingerprint density at radius 2 is 2.28 bits per heavy atom. The minimum atomic E-state index is -0.812. The van der Waals surface area contributed by atoms with Crippen LogP contribution in [-0.4, -0.2) is 34.2 Å². The zero-order chi connectivity index (χ0) is 12.7. The van der Waals surface area contributed by atoms with E-state index >= 15 is 0 Å². The topological polar surface area (TPSA) is 53.4 Å². The number of amides is 1. The highest BCUT2D eigenvalue weighted by atomic mass is 35.5. The number of carbonyl (C=O) groups is 1. The van der Waals surface area contributed by atoms with Crippen molar-refractivity contribution in [3.8, 4) is 0 Å². The third-order valence-corrected chi connectivity index (χ3v) is 3.98. The molecule has 1 aromatic heterocycles. The van der Waals surface area contributed by atoms with Crippen molar-refractivity contribution in [1.82, 2.24) is 9.88 Å². The third kappa shape index (κ3) is 1.97. The van der Waals surface area contributed by atoms with Gasteiger partial charge in [0.2, 0.25) is 0 Å². The molecule has 0 bridgehead atoms. The van der Waals surface area contributed by atoms with Crippen LogP contribution in [0.1, 0.15) is 12.0 Å². The van der Waals surface area contributed by atoms with Gasteiger partial charge in [0.1, 0.15) is 5.15 Å². The van der Waals surface area contributed by atoms with Crippen LogP contribution in [0.25, 0.3) is 5.57 Å². The summed E-state index contributed by atoms with van der Waals surface area (Å²) in [6, 6.07) is 3.76. The fourth-order valence-electron chi connectivity index (χ4n) is 2.85. The van der Waals surface area contributed by atoms with E-state index in [0.717, 1.165) is 12.0 Å². The van der Waals surface area contributed by atoms with Gasteiger partial charge in [-0.25, -0.2) is 9.78 Å². The largest absolute Gasteiger partial charge is 0.465 e. The smallest absolute Gasteiger partial charge is 0.407 e. The van der Waals surface area contributed by atoms with E-state index in [1.165, 1.54) is 10.5 Å². The maximum Gasteiger partial charge on any atom is 0.407 e. The van der Waals surface area contributed by atoms with Gasteiger partial charge in [0.05, 0.1) is 0 Å². The predicted molar refractivity (Wildman–Crippen MR) is 68.4 cm³/mol. The summed E-state index contributed by atoms with van der Waals surface area (Å²) in [5, 5.41) is 9.46. The minimum Gasteiger partial charge on any atom is -0.465 e. The molecule has 0 radical (unpaired) electrons. The van der Waals surface area contributed by atoms with Gasteiger partial charge in [-0.3, -0.25) is 0 Å². The van der Waals surface area contributed by atoms with Crippen molar-refractivity contribution in [2.24, 2.45) is 11.8 Å². The van der Waals surface area contributed by atoms with Crippen LogP contribution in [0.3, 0.4) is 0 Å². The first kappa shape index (κ1) is 11.5. The number of nitrogens with zero attached hydrogens (tertiary/aromatic N) is 2. The molecule has 18 heavy (non-hydrogen) atoms. The summed E-state index contributed by atoms with van der Waals surface area (Å²) in [4.78, 5) is 16.5. The van der Waals surface area contributed by atoms with Crippen molar-refractivity contribution in [3.05, 3.63) is 35.1 Å². The van der Waals surface area contributed by atoms with Gasteiger partial charge in [-0.1, -0.05) is 23.7 Å². The Balaban J connectivity index is 1.77. The zero-order valence-electron chi connectivity index (χ0n) is 9.71. The molecule has 2 aliphatic rings. The molecule has 1 aromatic rings. The van der Waals surface area contributed by atoms with Gasteiger partial charge >= 0.3 is 6.09 Å². The average Bonchev–Trinajstić information content (AvgIpc) is 2.87. The molecular formula is C13H13ClN2O2. The minimum absolute atomic E-state index is 0.353. The molecule has 1 saturated heterocycles. The zero-order valence-corrected chi connectivity index (χ0v) is 10.5. The Morgan fingerprint density at radius 3 is 2.89 bits per heavy atom. The Morgan fingerprint density at radius 1 is 1.44 bits per heavy atom. The predicted octanol–water partition coefficient (Wildman–Crippen LogP) is 2.75. The maximum atomic E-state index is 10.9. The van der Waals surface area contributed by atoms with E-state index in [1.807, 2.05) is 6.07 Å². The lowest BCUT2D eigenvalue weighted by Crippen LogP contribution is -2.27. The molecule has 0 aromatic carbocycles. The lowest BCUT2D eigenvalue weighted by Gasteiger charge is -2.12. The second-order valence-electron chi connectivity index (χ2n) is 4.88. The molecule has 0 saturated carbocycles. The first-order valence-corrected chi connectivity index (χ1v) is 6.32. The SMILES string of the molecule is O=C(O)N1CC2C=C(c3ccc(Cl)nc3)CC2C1. The molecule has 94 valence electrons. The van der Waals surface area contributed by atoms with E-state index in [9.17, 15) is 4.79 Å². The van der Waals surface area contributed by atoms with Gasteiger partial charge < -0.3 is 10.0 Å². The summed E-state index contributed by atoms with van der Waals surface area (Å²) in [6.07, 6.45) is 4.09. The molecule has 1 N–H and O–H groups in total. The normalized spacial score (nSPS) is 26.1. The molecular weight excluding hydrogens is 252 g/mol. The van der Waals surface area contributed by atoms with E-state index in [-0.39, 0.29) is 0 Å². The molecule has 1 aliphatic heterocycles. The fourth-order valence-corrected chi connectivity index (χ4v) is 2.96. The van der Waals surface area contributed by atoms with Crippen LogP contribution < -0.4 is 0 Å². The Kier molecular flexibility index (Phi) is 2.74. The van der Waals surface area contributed by atoms with Gasteiger partial charge in [-0.15, -0.1) is 0 Å². The van der Waals surface area contributed by atoms with E-state index in [1.54, 1.807) is 12.3 Å². The summed E-state index contributed by atoms with van der Waals surface area (Å²) in [6.45, 7) is 1.26. The fraction of sp³-hybridized carbons (Fsp3) is 0.385. The standard InChI is InChI=1S/C13H13ClN2O2/c14-12-2-1-8(5-15-12)9-3-10-6-16(13(17)18)7-11(10)4-9/h1-3,5,10-11H,4,6-7H2,(H,17,18). The van der Waals surface area contributed by atoms with Crippen molar-refractivity contribution >= 4 is 23.3 Å². The summed E-state index contributed by atoms with van der Waals surface area (Å²) in [7, 11) is 0. The van der Waals surface area contributed by atoms with Crippen LogP contribution in [0.5, 0.6) is 0 Å². The summed E-state index contributed by atoms with van der Waals surface area (Å²) in [5.41, 5.74) is 2.36. The van der Waals surface area contributed by atoms with Gasteiger partial charge in [-0.2, -0.15) is 0 Å². The summed E-state index contributed by atoms with van der Waals surface area (Å²) >= 11 is 5.77. The number of hydrogen-bond donors (Lipinski definition) is 1. The Hall–Kier alpha value is -1.55. The highest BCUT2D eigenvalue weighted by Crippen LogP contribution is 2.40. The van der Waals surface area contributed by atoms with Crippen LogP contribution in [0.4, 0.5) is 4.79 Å². The first-order valence-electron chi connectivity index (χ1n) is 5.94. The van der Waals surface area contributed by atoms with Crippen LogP contribution in [0.2, 0.25) is 5.15 Å². The highest BCUT2D eigenvalue weighted by molar-refractivity contribution is 6.29. The second kappa shape index (κ2) is 4.28. The summed E-state index contributed by atoms with van der Waals surface area (Å²) < 4.78 is 0. The van der Waals surface area contributed by atoms with Gasteiger partial charge in [-0.05, 0) is 35.5 Å². The van der Waals surface area contributed by atoms with Gasteiger partial charge in [0.15, 0.2) is 0 Å². The molecule has 0 spiro atoms. The number of hydrogen-bond acceptors (Lipinski definition) is 2. The molecule has 2 atom stereocenters. The van der Waals surface area contributed by atoms with Crippen LogP contribution in [0.15, 0.2) is 24.4 Å². The monoisotopic (exact) mass is 264 g/mol. The molecule has 1 amide bonds. The van der Waals surface area contributed by atoms with E-state index in [4.69, 9.17) is 16.7 Å². The van der Waals surface area contributed by atoms with Crippen LogP contribution in [-0.2, 0) is 0 Å². The van der Waals surface area contributed by atoms with Crippen molar-refractivity contribution in [2.75, 3.05) is 13.1 Å². The van der Waals surface area contributed by atoms with E-state index < -0.39 is 6.09 Å². The summed E-state index contributed by atoms with van der Waals surface area (Å²) in [5.74, 6) is 0.776. The molecule has 5 heteroatoms. The van der Waals surface area contributed by atoms with Crippen molar-refractivity contribution < 1.29 is 9.90 Å². The molecule has 1 fully saturated rings. The third-order valence-electron chi connectivity index (χ3n) is 3.76. The molecule has 3 rings (SSSR count). The number of fused-ring (bicyclic) bond motifs is 1. The molecule has 1 aliphatic carbocycles. The van der Waals surface area contributed by atoms with E-state index in [2.05, 4.69) is 11.1 Å². The lowest BCUT2D eigenvalue weighted by atomic mass is 9.99. The van der Waals surface area contributed by atoms with Crippen molar-refractivity contribution in [1.29, 1.82) is 0 Å². The number of pyridine rings is 1. The molecule has 4 nitrogen and oxygen atoms in total. The maximum absolute atomic E-state index is 10.9. The Bertz CT molecular complexity index is 512. The Labute approximate surface area is 110 Å². The van der Waals surface area contributed by atoms with Gasteiger partial charge in [0.25, 0.3) is 0 Å². The van der Waals surface area contributed by atoms with Crippen molar-refractivity contribution in [2.45, 2.75) is 6.42 Å². The first-order chi connectivity index (χ1) is 8.63. The molecule has 2 heterocycles. The molecule has 2 unspecified atom stereocenters. The second-order valence-corrected chi connectivity index (χ2v) is 5.26. The number of likely N-dealkylation sites (tertiary alicyclic amines) is 1. The quantitative estimate of drug-likeness (QED) is 0.794. The number of allylic oxidation sites excluding steroid dienone is 1. The number of aromatic nitrogens is 1. The lowest BCUT2D eigenvalue weighted by molar-refractivity contribution is 0.153. The highest BCUT2D eigenvalue weighted by Gasteiger charge is 2.38. The van der Waals surface area contributed by atoms with E-state index in [0.29, 0.717) is 30.1 Å². The van der Waals surface area contributed by atoms with Crippen molar-refractivity contribution in [3.63, 3.8) is 0 Å². The number of carboxylic acid groups (broad SMARTS) is 1. The number of rotatable bonds is 1. The van der Waals surface area contributed by atoms with Crippen LogP contribution >= 0.6 is 11.6 Å².